The third-order valence-electron chi connectivity index (χ3n) is 4.80. The third kappa shape index (κ3) is 5.40. The number of nitrogens with zero attached hydrogens (tertiary/aromatic N) is 2. The summed E-state index contributed by atoms with van der Waals surface area (Å²) in [7, 11) is -3.86. The minimum absolute atomic E-state index is 0. The van der Waals surface area contributed by atoms with E-state index in [1.807, 2.05) is 13.8 Å². The summed E-state index contributed by atoms with van der Waals surface area (Å²) in [5.74, 6) is -0.414. The molecule has 2 rings (SSSR count). The Kier molecular flexibility index (Phi) is 7.95. The van der Waals surface area contributed by atoms with Crippen LogP contribution in [0.25, 0.3) is 0 Å². The average molecular weight is 435 g/mol. The number of hydrogen-bond donors (Lipinski definition) is 2. The molecule has 0 aliphatic carbocycles. The highest BCUT2D eigenvalue weighted by molar-refractivity contribution is 7.89. The predicted molar refractivity (Wildman–Crippen MR) is 108 cm³/mol. The van der Waals surface area contributed by atoms with E-state index >= 15 is 0 Å². The molecule has 1 fully saturated rings. The number of benzene rings is 1. The molecule has 0 bridgehead atoms. The van der Waals surface area contributed by atoms with Crippen molar-refractivity contribution in [2.24, 2.45) is 11.7 Å². The van der Waals surface area contributed by atoms with E-state index in [9.17, 15) is 23.3 Å². The van der Waals surface area contributed by atoms with Gasteiger partial charge in [-0.05, 0) is 39.2 Å². The fourth-order valence-electron chi connectivity index (χ4n) is 2.96. The molecule has 1 aromatic carbocycles. The summed E-state index contributed by atoms with van der Waals surface area (Å²) in [6.45, 7) is 5.94. The molecule has 0 aromatic heterocycles. The van der Waals surface area contributed by atoms with Crippen molar-refractivity contribution >= 4 is 34.0 Å². The van der Waals surface area contributed by atoms with Crippen LogP contribution in [0.3, 0.4) is 0 Å². The molecule has 1 aliphatic rings. The molecule has 0 radical (unpaired) electrons. The molecule has 0 saturated carbocycles. The first kappa shape index (κ1) is 24.3. The lowest BCUT2D eigenvalue weighted by Crippen LogP contribution is -2.52. The van der Waals surface area contributed by atoms with Crippen LogP contribution in [0.2, 0.25) is 0 Å². The van der Waals surface area contributed by atoms with Crippen LogP contribution in [0.15, 0.2) is 23.1 Å². The van der Waals surface area contributed by atoms with Gasteiger partial charge in [0, 0.05) is 43.2 Å². The number of halogens is 1. The summed E-state index contributed by atoms with van der Waals surface area (Å²) >= 11 is 0. The van der Waals surface area contributed by atoms with Gasteiger partial charge in [-0.1, -0.05) is 6.07 Å². The van der Waals surface area contributed by atoms with Gasteiger partial charge in [0.05, 0.1) is 9.82 Å². The number of nitrogens with one attached hydrogen (secondary N) is 1. The fourth-order valence-corrected chi connectivity index (χ4v) is 4.68. The number of rotatable bonds is 6. The second-order valence-corrected chi connectivity index (χ2v) is 9.37. The SMILES string of the molecule is Cc1ccc([N+](=O)[O-])cc1S(=O)(=O)N1CCC(C(=O)NC(C)(C)CN)CC1.Cl. The Bertz CT molecular complexity index is 836. The number of carbonyl (C=O) groups excluding carboxylic acids is 1. The highest BCUT2D eigenvalue weighted by Gasteiger charge is 2.34. The maximum atomic E-state index is 12.9. The van der Waals surface area contributed by atoms with Crippen LogP contribution in [0.1, 0.15) is 32.3 Å². The predicted octanol–water partition coefficient (Wildman–Crippen LogP) is 1.58. The van der Waals surface area contributed by atoms with Crippen molar-refractivity contribution < 1.29 is 18.1 Å². The molecule has 1 aromatic rings. The Labute approximate surface area is 171 Å². The maximum Gasteiger partial charge on any atom is 0.270 e. The number of nitro benzene ring substituents is 1. The number of piperidine rings is 1. The van der Waals surface area contributed by atoms with Crippen molar-refractivity contribution in [1.82, 2.24) is 9.62 Å². The number of nitrogens with two attached hydrogens (primary N) is 1. The van der Waals surface area contributed by atoms with Crippen LogP contribution in [0.4, 0.5) is 5.69 Å². The molecule has 0 spiro atoms. The van der Waals surface area contributed by atoms with E-state index in [4.69, 9.17) is 5.73 Å². The molecule has 0 unspecified atom stereocenters. The smallest absolute Gasteiger partial charge is 0.270 e. The van der Waals surface area contributed by atoms with Gasteiger partial charge in [0.15, 0.2) is 0 Å². The summed E-state index contributed by atoms with van der Waals surface area (Å²) in [4.78, 5) is 22.6. The molecular weight excluding hydrogens is 408 g/mol. The Balaban J connectivity index is 0.00000392. The first-order chi connectivity index (χ1) is 12.5. The number of sulfonamides is 1. The van der Waals surface area contributed by atoms with Gasteiger partial charge >= 0.3 is 0 Å². The molecule has 1 aliphatic heterocycles. The van der Waals surface area contributed by atoms with Gasteiger partial charge in [-0.2, -0.15) is 4.31 Å². The second-order valence-electron chi connectivity index (χ2n) is 7.46. The zero-order valence-electron chi connectivity index (χ0n) is 16.2. The molecule has 1 amide bonds. The Hall–Kier alpha value is -1.75. The van der Waals surface area contributed by atoms with Gasteiger partial charge < -0.3 is 11.1 Å². The zero-order valence-corrected chi connectivity index (χ0v) is 17.8. The van der Waals surface area contributed by atoms with Gasteiger partial charge in [0.25, 0.3) is 5.69 Å². The van der Waals surface area contributed by atoms with Gasteiger partial charge in [-0.15, -0.1) is 12.4 Å². The lowest BCUT2D eigenvalue weighted by atomic mass is 9.95. The monoisotopic (exact) mass is 434 g/mol. The van der Waals surface area contributed by atoms with Crippen molar-refractivity contribution in [3.63, 3.8) is 0 Å². The fraction of sp³-hybridized carbons (Fsp3) is 0.588. The number of nitro groups is 1. The van der Waals surface area contributed by atoms with E-state index in [2.05, 4.69) is 5.32 Å². The summed E-state index contributed by atoms with van der Waals surface area (Å²) in [5, 5.41) is 13.9. The molecule has 3 N–H and O–H groups in total. The van der Waals surface area contributed by atoms with Gasteiger partial charge in [0.1, 0.15) is 0 Å². The molecule has 9 nitrogen and oxygen atoms in total. The number of aryl methyl sites for hydroxylation is 1. The summed E-state index contributed by atoms with van der Waals surface area (Å²) in [6, 6.07) is 3.80. The van der Waals surface area contributed by atoms with Crippen molar-refractivity contribution in [2.75, 3.05) is 19.6 Å². The van der Waals surface area contributed by atoms with E-state index in [-0.39, 0.29) is 47.9 Å². The van der Waals surface area contributed by atoms with Crippen LogP contribution in [0, 0.1) is 23.0 Å². The highest BCUT2D eigenvalue weighted by atomic mass is 35.5. The topological polar surface area (TPSA) is 136 Å². The van der Waals surface area contributed by atoms with Crippen LogP contribution < -0.4 is 11.1 Å². The summed E-state index contributed by atoms with van der Waals surface area (Å²) in [5.41, 5.74) is 5.29. The molecule has 1 saturated heterocycles. The standard InChI is InChI=1S/C17H26N4O5S.ClH/c1-12-4-5-14(21(23)24)10-15(12)27(25,26)20-8-6-13(7-9-20)16(22)19-17(2,3)11-18;/h4-5,10,13H,6-9,11,18H2,1-3H3,(H,19,22);1H. The van der Waals surface area contributed by atoms with E-state index in [0.29, 0.717) is 24.9 Å². The van der Waals surface area contributed by atoms with Crippen LogP contribution in [0.5, 0.6) is 0 Å². The molecule has 0 atom stereocenters. The lowest BCUT2D eigenvalue weighted by molar-refractivity contribution is -0.385. The normalized spacial score (nSPS) is 16.3. The molecule has 11 heteroatoms. The van der Waals surface area contributed by atoms with Crippen LogP contribution in [-0.4, -0.2) is 48.7 Å². The van der Waals surface area contributed by atoms with Crippen molar-refractivity contribution in [2.45, 2.75) is 44.0 Å². The number of amides is 1. The molecule has 1 heterocycles. The van der Waals surface area contributed by atoms with E-state index in [1.165, 1.54) is 16.4 Å². The lowest BCUT2D eigenvalue weighted by Gasteiger charge is -2.33. The second kappa shape index (κ2) is 9.17. The number of carbonyl (C=O) groups is 1. The van der Waals surface area contributed by atoms with E-state index in [1.54, 1.807) is 6.92 Å². The minimum atomic E-state index is -3.86. The number of hydrogen-bond acceptors (Lipinski definition) is 6. The molecular formula is C17H27ClN4O5S. The Morgan fingerprint density at radius 3 is 2.43 bits per heavy atom. The highest BCUT2D eigenvalue weighted by Crippen LogP contribution is 2.28. The van der Waals surface area contributed by atoms with E-state index in [0.717, 1.165) is 6.07 Å². The van der Waals surface area contributed by atoms with Crippen LogP contribution in [-0.2, 0) is 14.8 Å². The van der Waals surface area contributed by atoms with Gasteiger partial charge in [0.2, 0.25) is 15.9 Å². The molecule has 158 valence electrons. The van der Waals surface area contributed by atoms with Gasteiger partial charge in [-0.3, -0.25) is 14.9 Å². The van der Waals surface area contributed by atoms with Crippen molar-refractivity contribution in [1.29, 1.82) is 0 Å². The zero-order chi connectivity index (χ0) is 20.4. The Morgan fingerprint density at radius 1 is 1.36 bits per heavy atom. The maximum absolute atomic E-state index is 12.9. The first-order valence-corrected chi connectivity index (χ1v) is 10.2. The van der Waals surface area contributed by atoms with Crippen molar-refractivity contribution in [3.05, 3.63) is 33.9 Å². The van der Waals surface area contributed by atoms with Crippen molar-refractivity contribution in [3.8, 4) is 0 Å². The van der Waals surface area contributed by atoms with Crippen LogP contribution >= 0.6 is 12.4 Å². The average Bonchev–Trinajstić information content (AvgIpc) is 2.61. The van der Waals surface area contributed by atoms with E-state index < -0.39 is 20.5 Å². The largest absolute Gasteiger partial charge is 0.350 e. The first-order valence-electron chi connectivity index (χ1n) is 8.75. The third-order valence-corrected chi connectivity index (χ3v) is 6.84. The molecule has 28 heavy (non-hydrogen) atoms. The quantitative estimate of drug-likeness (QED) is 0.515. The Morgan fingerprint density at radius 2 is 1.93 bits per heavy atom. The van der Waals surface area contributed by atoms with Gasteiger partial charge in [-0.25, -0.2) is 8.42 Å². The summed E-state index contributed by atoms with van der Waals surface area (Å²) < 4.78 is 27.1. The summed E-state index contributed by atoms with van der Waals surface area (Å²) in [6.07, 6.45) is 0.777. The number of non-ortho nitro benzene ring substituents is 1. The minimum Gasteiger partial charge on any atom is -0.350 e.